The van der Waals surface area contributed by atoms with Crippen LogP contribution in [0.25, 0.3) is 10.9 Å². The van der Waals surface area contributed by atoms with Gasteiger partial charge in [-0.15, -0.1) is 0 Å². The number of aliphatic hydroxyl groups is 1. The lowest BCUT2D eigenvalue weighted by Crippen LogP contribution is -2.48. The molecule has 2 heterocycles. The second-order valence-electron chi connectivity index (χ2n) is 18.3. The van der Waals surface area contributed by atoms with Crippen LogP contribution in [0.4, 0.5) is 0 Å². The van der Waals surface area contributed by atoms with Gasteiger partial charge in [-0.05, 0) is 62.5 Å². The number of aromatic amines is 2. The molecule has 0 aliphatic rings. The second-order valence-corrected chi connectivity index (χ2v) is 18.3. The zero-order valence-corrected chi connectivity index (χ0v) is 38.1. The van der Waals surface area contributed by atoms with Gasteiger partial charge in [-0.1, -0.05) is 59.7 Å². The number of aromatic nitrogens is 3. The van der Waals surface area contributed by atoms with Crippen LogP contribution in [-0.4, -0.2) is 91.6 Å². The van der Waals surface area contributed by atoms with Gasteiger partial charge in [-0.25, -0.2) is 4.98 Å². The number of carbonyl (C=O) groups excluding carboxylic acids is 8. The quantitative estimate of drug-likeness (QED) is 0.0525. The summed E-state index contributed by atoms with van der Waals surface area (Å²) in [5.41, 5.74) is 7.89. The van der Waals surface area contributed by atoms with Crippen LogP contribution in [0.3, 0.4) is 0 Å². The Balaban J connectivity index is 1.64. The average molecular weight is 876 g/mol. The van der Waals surface area contributed by atoms with Gasteiger partial charge in [0.25, 0.3) is 0 Å². The van der Waals surface area contributed by atoms with Gasteiger partial charge in [0.05, 0.1) is 37.0 Å². The first-order valence-electron chi connectivity index (χ1n) is 22.1. The van der Waals surface area contributed by atoms with Crippen LogP contribution in [0.2, 0.25) is 0 Å². The van der Waals surface area contributed by atoms with Gasteiger partial charge >= 0.3 is 0 Å². The molecule has 2 unspecified atom stereocenters. The minimum atomic E-state index is -1.27. The van der Waals surface area contributed by atoms with Crippen LogP contribution >= 0.6 is 0 Å². The minimum absolute atomic E-state index is 0.0120. The minimum Gasteiger partial charge on any atom is -0.391 e. The lowest BCUT2D eigenvalue weighted by Gasteiger charge is -2.28. The molecule has 0 saturated carbocycles. The zero-order chi connectivity index (χ0) is 47.0. The number of fused-ring (bicyclic) bond motifs is 1. The standard InChI is InChI=1S/C47H69N7O9/c1-26(2)13-31(44(48)60)18-36(56)20-43(59)41(14-27(3)4)54-46(62)33(17-35-23-49-25-52-35)19-37(57)24-51-47(63)39(28(5)6)21-42(58)30(8)53-45(61)32(15-29(7)55)16-34-22-50-40-12-10-9-11-38(34)40/h9-12,22-23,25-28,30-33,39,41,43,50,59H,13-21,24H2,1-8H3,(H2,48,60)(H,49,52)(H,51,63)(H,53,61)(H,54,62)/t30-,31+,32-,33+,39-,41?,43?/m1/s1. The average Bonchev–Trinajstić information content (AvgIpc) is 3.87. The van der Waals surface area contributed by atoms with E-state index >= 15 is 0 Å². The number of hydrogen-bond acceptors (Lipinski definition) is 10. The number of ketones is 4. The van der Waals surface area contributed by atoms with Gasteiger partial charge < -0.3 is 41.6 Å². The van der Waals surface area contributed by atoms with Crippen LogP contribution in [0, 0.1) is 41.4 Å². The molecule has 0 radical (unpaired) electrons. The molecular weight excluding hydrogens is 807 g/mol. The Morgan fingerprint density at radius 1 is 0.730 bits per heavy atom. The number of primary amides is 1. The van der Waals surface area contributed by atoms with Crippen molar-refractivity contribution in [1.82, 2.24) is 30.9 Å². The van der Waals surface area contributed by atoms with Gasteiger partial charge in [0, 0.05) is 85.3 Å². The highest BCUT2D eigenvalue weighted by molar-refractivity contribution is 5.95. The molecule has 0 fully saturated rings. The Kier molecular flexibility index (Phi) is 20.5. The number of para-hydroxylation sites is 1. The van der Waals surface area contributed by atoms with Gasteiger partial charge in [0.15, 0.2) is 11.6 Å². The van der Waals surface area contributed by atoms with Crippen molar-refractivity contribution in [1.29, 1.82) is 0 Å². The summed E-state index contributed by atoms with van der Waals surface area (Å²) in [6.45, 7) is 13.7. The number of nitrogens with two attached hydrogens (primary N) is 1. The smallest absolute Gasteiger partial charge is 0.224 e. The van der Waals surface area contributed by atoms with Gasteiger partial charge in [-0.3, -0.25) is 33.6 Å². The summed E-state index contributed by atoms with van der Waals surface area (Å²) in [5.74, 6) is -6.80. The van der Waals surface area contributed by atoms with E-state index in [9.17, 15) is 43.5 Å². The molecule has 3 rings (SSSR count). The summed E-state index contributed by atoms with van der Waals surface area (Å²) in [6.07, 6.45) is 3.72. The summed E-state index contributed by atoms with van der Waals surface area (Å²) in [6, 6.07) is 5.84. The summed E-state index contributed by atoms with van der Waals surface area (Å²) < 4.78 is 0. The number of benzene rings is 1. The maximum atomic E-state index is 13.9. The summed E-state index contributed by atoms with van der Waals surface area (Å²) >= 11 is 0. The fourth-order valence-electron chi connectivity index (χ4n) is 7.91. The van der Waals surface area contributed by atoms with Gasteiger partial charge in [0.2, 0.25) is 23.6 Å². The van der Waals surface area contributed by atoms with Gasteiger partial charge in [0.1, 0.15) is 11.6 Å². The summed E-state index contributed by atoms with van der Waals surface area (Å²) in [4.78, 5) is 115. The third kappa shape index (κ3) is 17.3. The van der Waals surface area contributed by atoms with E-state index in [1.165, 1.54) is 26.4 Å². The fraction of sp³-hybridized carbons (Fsp3) is 0.596. The first-order chi connectivity index (χ1) is 29.6. The number of imidazole rings is 1. The number of H-pyrrole nitrogens is 2. The molecule has 8 N–H and O–H groups in total. The molecule has 0 saturated heterocycles. The molecule has 7 atom stereocenters. The van der Waals surface area contributed by atoms with Crippen LogP contribution in [0.1, 0.15) is 112 Å². The maximum Gasteiger partial charge on any atom is 0.224 e. The van der Waals surface area contributed by atoms with Crippen molar-refractivity contribution in [3.8, 4) is 0 Å². The third-order valence-electron chi connectivity index (χ3n) is 11.4. The third-order valence-corrected chi connectivity index (χ3v) is 11.4. The monoisotopic (exact) mass is 876 g/mol. The van der Waals surface area contributed by atoms with E-state index in [1.54, 1.807) is 13.8 Å². The number of aliphatic hydroxyl groups excluding tert-OH is 1. The Morgan fingerprint density at radius 3 is 1.97 bits per heavy atom. The highest BCUT2D eigenvalue weighted by Gasteiger charge is 2.33. The molecule has 63 heavy (non-hydrogen) atoms. The van der Waals surface area contributed by atoms with Crippen LogP contribution in [-0.2, 0) is 51.2 Å². The number of nitrogens with zero attached hydrogens (tertiary/aromatic N) is 1. The molecule has 0 aliphatic heterocycles. The Labute approximate surface area is 370 Å². The van der Waals surface area contributed by atoms with Crippen molar-refractivity contribution >= 4 is 57.7 Å². The zero-order valence-electron chi connectivity index (χ0n) is 38.1. The number of nitrogens with one attached hydrogen (secondary N) is 5. The van der Waals surface area contributed by atoms with E-state index in [1.807, 2.05) is 58.2 Å². The molecular formula is C47H69N7O9. The molecule has 0 spiro atoms. The maximum absolute atomic E-state index is 13.9. The number of amides is 4. The lowest BCUT2D eigenvalue weighted by molar-refractivity contribution is -0.135. The van der Waals surface area contributed by atoms with Crippen molar-refractivity contribution in [2.24, 2.45) is 47.2 Å². The second kappa shape index (κ2) is 25.0. The summed E-state index contributed by atoms with van der Waals surface area (Å²) in [5, 5.41) is 20.4. The molecule has 2 aromatic heterocycles. The van der Waals surface area contributed by atoms with Crippen molar-refractivity contribution in [2.75, 3.05) is 6.54 Å². The largest absolute Gasteiger partial charge is 0.391 e. The van der Waals surface area contributed by atoms with E-state index in [-0.39, 0.29) is 74.3 Å². The van der Waals surface area contributed by atoms with E-state index in [0.29, 0.717) is 18.5 Å². The molecule has 0 aliphatic carbocycles. The molecule has 346 valence electrons. The summed E-state index contributed by atoms with van der Waals surface area (Å²) in [7, 11) is 0. The Morgan fingerprint density at radius 2 is 1.37 bits per heavy atom. The van der Waals surface area contributed by atoms with Crippen molar-refractivity contribution in [2.45, 2.75) is 131 Å². The number of carbonyl (C=O) groups is 8. The lowest BCUT2D eigenvalue weighted by atomic mass is 9.87. The van der Waals surface area contributed by atoms with Crippen LogP contribution < -0.4 is 21.7 Å². The molecule has 0 bridgehead atoms. The number of Topliss-reactive ketones (excluding diaryl/α,β-unsaturated/α-hetero) is 4. The highest BCUT2D eigenvalue weighted by atomic mass is 16.3. The SMILES string of the molecule is CC(=O)C[C@H](Cc1c[nH]c2ccccc12)C(=O)N[C@H](C)C(=O)C[C@@H](C(=O)NCC(=O)C[C@H](Cc1cnc[nH]1)C(=O)NC(CC(C)C)C(O)CC(=O)C[C@H](CC(C)C)C(N)=O)C(C)C. The topological polar surface area (TPSA) is 263 Å². The van der Waals surface area contributed by atoms with Crippen molar-refractivity contribution in [3.05, 3.63) is 54.2 Å². The van der Waals surface area contributed by atoms with Gasteiger partial charge in [-0.2, -0.15) is 0 Å². The normalized spacial score (nSPS) is 15.0. The molecule has 16 heteroatoms. The number of hydrogen-bond donors (Lipinski definition) is 7. The molecule has 3 aromatic rings. The van der Waals surface area contributed by atoms with E-state index in [4.69, 9.17) is 5.73 Å². The molecule has 4 amide bonds. The first-order valence-corrected chi connectivity index (χ1v) is 22.1. The van der Waals surface area contributed by atoms with E-state index < -0.39 is 83.6 Å². The predicted molar refractivity (Wildman–Crippen MR) is 239 cm³/mol. The van der Waals surface area contributed by atoms with Crippen LogP contribution in [0.15, 0.2) is 43.0 Å². The fourth-order valence-corrected chi connectivity index (χ4v) is 7.91. The first kappa shape index (κ1) is 51.8. The highest BCUT2D eigenvalue weighted by Crippen LogP contribution is 2.24. The predicted octanol–water partition coefficient (Wildman–Crippen LogP) is 4.09. The van der Waals surface area contributed by atoms with E-state index in [0.717, 1.165) is 16.5 Å². The van der Waals surface area contributed by atoms with Crippen molar-refractivity contribution in [3.63, 3.8) is 0 Å². The molecule has 16 nitrogen and oxygen atoms in total. The Bertz CT molecular complexity index is 2020. The Hall–Kier alpha value is -5.51. The molecule has 1 aromatic carbocycles. The van der Waals surface area contributed by atoms with E-state index in [2.05, 4.69) is 30.9 Å². The van der Waals surface area contributed by atoms with Crippen molar-refractivity contribution < 1.29 is 43.5 Å². The van der Waals surface area contributed by atoms with Crippen LogP contribution in [0.5, 0.6) is 0 Å². The number of rotatable bonds is 29.